The molecule has 11 heteroatoms. The fourth-order valence-electron chi connectivity index (χ4n) is 0.887. The molecule has 0 aliphatic carbocycles. The molecule has 0 saturated heterocycles. The lowest BCUT2D eigenvalue weighted by atomic mass is 10.3. The number of carboxylic acid groups (broad SMARTS) is 1. The van der Waals surface area contributed by atoms with Gasteiger partial charge in [0.2, 0.25) is 0 Å². The predicted octanol–water partition coefficient (Wildman–Crippen LogP) is 0.0258. The minimum absolute atomic E-state index is 0.159. The van der Waals surface area contributed by atoms with Gasteiger partial charge in [0.1, 0.15) is 30.7 Å². The molecule has 1 aromatic carbocycles. The van der Waals surface area contributed by atoms with Gasteiger partial charge in [-0.2, -0.15) is 8.42 Å². The molecule has 1 rings (SSSR count). The van der Waals surface area contributed by atoms with Crippen LogP contribution in [0.15, 0.2) is 17.0 Å². The van der Waals surface area contributed by atoms with Gasteiger partial charge < -0.3 is 15.3 Å². The van der Waals surface area contributed by atoms with Gasteiger partial charge in [0, 0.05) is 12.1 Å². The first-order valence-electron chi connectivity index (χ1n) is 5.03. The Balaban J connectivity index is 0. The van der Waals surface area contributed by atoms with Crippen LogP contribution in [0.5, 0.6) is 0 Å². The van der Waals surface area contributed by atoms with Gasteiger partial charge in [-0.05, 0) is 0 Å². The fraction of sp³-hybridized carbons (Fsp3) is 0.182. The normalized spacial score (nSPS) is 9.18. The topological polar surface area (TPSA) is 132 Å². The highest BCUT2D eigenvalue weighted by molar-refractivity contribution is 7.85. The van der Waals surface area contributed by atoms with E-state index < -0.39 is 32.5 Å². The second kappa shape index (κ2) is 11.5. The molecule has 0 radical (unpaired) electrons. The van der Waals surface area contributed by atoms with Gasteiger partial charge >= 0.3 is 0 Å². The molecule has 0 aliphatic heterocycles. The maximum atomic E-state index is 12.6. The second-order valence-electron chi connectivity index (χ2n) is 2.95. The minimum Gasteiger partial charge on any atom is -0.483 e. The van der Waals surface area contributed by atoms with Gasteiger partial charge in [-0.1, -0.05) is 11.8 Å². The van der Waals surface area contributed by atoms with E-state index >= 15 is 0 Å². The van der Waals surface area contributed by atoms with E-state index in [1.54, 1.807) is 0 Å². The largest absolute Gasteiger partial charge is 0.483 e. The first kappa shape index (κ1) is 22.2. The van der Waals surface area contributed by atoms with Crippen LogP contribution in [0.1, 0.15) is 0 Å². The first-order chi connectivity index (χ1) is 10.1. The average Bonchev–Trinajstić information content (AvgIpc) is 2.35. The number of benzene rings is 1. The van der Waals surface area contributed by atoms with Gasteiger partial charge in [-0.15, -0.1) is 0 Å². The number of aliphatic hydroxyl groups is 2. The summed E-state index contributed by atoms with van der Waals surface area (Å²) in [6, 6.07) is 0.318. The number of aliphatic hydroxyl groups excluding tert-OH is 2. The number of carbonyl (C=O) groups is 1. The Labute approximate surface area is 123 Å². The van der Waals surface area contributed by atoms with Crippen molar-refractivity contribution < 1.29 is 46.3 Å². The molecule has 4 N–H and O–H groups in total. The molecule has 0 aliphatic rings. The molecule has 7 nitrogen and oxygen atoms in total. The molecular formula is C11H11F3O7S. The molecule has 0 unspecified atom stereocenters. The fourth-order valence-corrected chi connectivity index (χ4v) is 1.50. The molecular weight excluding hydrogens is 333 g/mol. The molecule has 1 aromatic rings. The lowest BCUT2D eigenvalue weighted by Crippen LogP contribution is -2.05. The Hall–Kier alpha value is -2.13. The van der Waals surface area contributed by atoms with Crippen LogP contribution in [0.2, 0.25) is 0 Å². The van der Waals surface area contributed by atoms with Crippen LogP contribution in [0, 0.1) is 29.3 Å². The predicted molar refractivity (Wildman–Crippen MR) is 66.8 cm³/mol. The van der Waals surface area contributed by atoms with E-state index in [4.69, 9.17) is 24.7 Å². The highest BCUT2D eigenvalue weighted by atomic mass is 32.2. The summed E-state index contributed by atoms with van der Waals surface area (Å²) in [7, 11) is -5.00. The number of hydrogen-bond acceptors (Lipinski definition) is 5. The summed E-state index contributed by atoms with van der Waals surface area (Å²) in [4.78, 5) is 6.81. The van der Waals surface area contributed by atoms with E-state index in [1.807, 2.05) is 0 Å². The minimum atomic E-state index is -5.00. The summed E-state index contributed by atoms with van der Waals surface area (Å²) in [5.74, 6) is -0.0881. The zero-order valence-corrected chi connectivity index (χ0v) is 11.5. The van der Waals surface area contributed by atoms with E-state index in [9.17, 15) is 21.6 Å². The van der Waals surface area contributed by atoms with Crippen molar-refractivity contribution in [1.29, 1.82) is 0 Å². The van der Waals surface area contributed by atoms with Crippen molar-refractivity contribution in [1.82, 2.24) is 0 Å². The standard InChI is InChI=1S/C6H3F3O3S.C4H6O2.CH2O2/c7-3-1-4(8)6(5(9)2-3)13(10,11)12;5-3-1-2-4-6;2-1-3/h1-2H,(H,10,11,12);5-6H,3-4H2;1H,(H,2,3). The average molecular weight is 344 g/mol. The molecule has 0 fully saturated rings. The van der Waals surface area contributed by atoms with Crippen LogP contribution in [0.3, 0.4) is 0 Å². The molecule has 0 saturated carbocycles. The van der Waals surface area contributed by atoms with Crippen molar-refractivity contribution in [2.75, 3.05) is 13.2 Å². The van der Waals surface area contributed by atoms with E-state index in [2.05, 4.69) is 11.8 Å². The molecule has 124 valence electrons. The number of rotatable bonds is 1. The molecule has 0 aromatic heterocycles. The third-order valence-corrected chi connectivity index (χ3v) is 2.41. The van der Waals surface area contributed by atoms with Crippen LogP contribution >= 0.6 is 0 Å². The molecule has 0 spiro atoms. The van der Waals surface area contributed by atoms with Crippen molar-refractivity contribution in [3.8, 4) is 11.8 Å². The molecule has 0 atom stereocenters. The Morgan fingerprint density at radius 3 is 1.59 bits per heavy atom. The lowest BCUT2D eigenvalue weighted by molar-refractivity contribution is -0.122. The quantitative estimate of drug-likeness (QED) is 0.321. The van der Waals surface area contributed by atoms with Crippen molar-refractivity contribution in [3.63, 3.8) is 0 Å². The SMILES string of the molecule is O=CO.O=S(=O)(O)c1c(F)cc(F)cc1F.OCC#CCO. The summed E-state index contributed by atoms with van der Waals surface area (Å²) in [6.07, 6.45) is 0. The summed E-state index contributed by atoms with van der Waals surface area (Å²) in [5, 5.41) is 22.7. The van der Waals surface area contributed by atoms with Crippen LogP contribution in [0.4, 0.5) is 13.2 Å². The van der Waals surface area contributed by atoms with Crippen molar-refractivity contribution in [2.45, 2.75) is 4.90 Å². The summed E-state index contributed by atoms with van der Waals surface area (Å²) in [6.45, 7) is -0.582. The summed E-state index contributed by atoms with van der Waals surface area (Å²) >= 11 is 0. The maximum absolute atomic E-state index is 12.6. The first-order valence-corrected chi connectivity index (χ1v) is 6.47. The Bertz CT molecular complexity index is 604. The van der Waals surface area contributed by atoms with Crippen molar-refractivity contribution in [3.05, 3.63) is 29.6 Å². The Morgan fingerprint density at radius 1 is 1.05 bits per heavy atom. The van der Waals surface area contributed by atoms with Crippen LogP contribution in [-0.2, 0) is 14.9 Å². The summed E-state index contributed by atoms with van der Waals surface area (Å²) < 4.78 is 66.4. The molecule has 0 bridgehead atoms. The van der Waals surface area contributed by atoms with Gasteiger partial charge in [0.15, 0.2) is 4.90 Å². The molecule has 0 amide bonds. The van der Waals surface area contributed by atoms with Crippen LogP contribution < -0.4 is 0 Å². The zero-order chi connectivity index (χ0) is 17.8. The molecule has 22 heavy (non-hydrogen) atoms. The van der Waals surface area contributed by atoms with Crippen LogP contribution in [-0.4, -0.2) is 48.0 Å². The highest BCUT2D eigenvalue weighted by Crippen LogP contribution is 2.19. The van der Waals surface area contributed by atoms with E-state index in [0.29, 0.717) is 0 Å². The van der Waals surface area contributed by atoms with Gasteiger partial charge in [-0.3, -0.25) is 9.35 Å². The monoisotopic (exact) mass is 344 g/mol. The lowest BCUT2D eigenvalue weighted by Gasteiger charge is -2.00. The van der Waals surface area contributed by atoms with Gasteiger partial charge in [0.05, 0.1) is 0 Å². The van der Waals surface area contributed by atoms with Crippen molar-refractivity contribution in [2.24, 2.45) is 0 Å². The van der Waals surface area contributed by atoms with E-state index in [0.717, 1.165) is 0 Å². The van der Waals surface area contributed by atoms with Crippen molar-refractivity contribution >= 4 is 16.6 Å². The van der Waals surface area contributed by atoms with Gasteiger partial charge in [0.25, 0.3) is 16.6 Å². The van der Waals surface area contributed by atoms with E-state index in [-0.39, 0.29) is 31.8 Å². The Morgan fingerprint density at radius 2 is 1.36 bits per heavy atom. The van der Waals surface area contributed by atoms with E-state index in [1.165, 1.54) is 0 Å². The maximum Gasteiger partial charge on any atom is 0.300 e. The Kier molecular flexibility index (Phi) is 11.6. The second-order valence-corrected chi connectivity index (χ2v) is 4.31. The zero-order valence-electron chi connectivity index (χ0n) is 10.7. The third-order valence-electron chi connectivity index (χ3n) is 1.50. The molecule has 0 heterocycles. The highest BCUT2D eigenvalue weighted by Gasteiger charge is 2.22. The van der Waals surface area contributed by atoms with Gasteiger partial charge in [-0.25, -0.2) is 13.2 Å². The number of halogens is 3. The third kappa shape index (κ3) is 9.72. The summed E-state index contributed by atoms with van der Waals surface area (Å²) in [5.41, 5.74) is 0. The van der Waals surface area contributed by atoms with Crippen LogP contribution in [0.25, 0.3) is 0 Å². The number of hydrogen-bond donors (Lipinski definition) is 4. The smallest absolute Gasteiger partial charge is 0.300 e.